The van der Waals surface area contributed by atoms with E-state index in [-0.39, 0.29) is 22.8 Å². The number of Topliss-reactive ketones (excluding diaryl/α,β-unsaturated/α-hetero) is 1. The number of carbonyl (C=O) groups is 1. The van der Waals surface area contributed by atoms with Crippen molar-refractivity contribution < 1.29 is 4.79 Å². The average molecular weight is 275 g/mol. The van der Waals surface area contributed by atoms with Gasteiger partial charge in [0.25, 0.3) is 0 Å². The summed E-state index contributed by atoms with van der Waals surface area (Å²) >= 11 is 0. The highest BCUT2D eigenvalue weighted by molar-refractivity contribution is 5.91. The molecule has 1 rings (SSSR count). The number of hydrogen-bond donors (Lipinski definition) is 0. The first-order valence-electron chi connectivity index (χ1n) is 7.35. The van der Waals surface area contributed by atoms with Gasteiger partial charge in [0.2, 0.25) is 0 Å². The standard InChI is InChI=1S/C18H29NO/c1-13-11-9-10-12-15(13)19(18(6,7)8)14(2)16(20)17(3,4)5/h9-12,14H,1-8H3. The first-order chi connectivity index (χ1) is 8.96. The van der Waals surface area contributed by atoms with Crippen molar-refractivity contribution in [2.24, 2.45) is 5.41 Å². The number of carbonyl (C=O) groups excluding carboxylic acids is 1. The zero-order valence-electron chi connectivity index (χ0n) is 14.2. The normalized spacial score (nSPS) is 14.0. The highest BCUT2D eigenvalue weighted by Crippen LogP contribution is 2.32. The quantitative estimate of drug-likeness (QED) is 0.803. The smallest absolute Gasteiger partial charge is 0.160 e. The van der Waals surface area contributed by atoms with Gasteiger partial charge in [0.1, 0.15) is 0 Å². The molecule has 112 valence electrons. The second-order valence-electron chi connectivity index (χ2n) is 7.62. The van der Waals surface area contributed by atoms with Crippen LogP contribution in [0, 0.1) is 12.3 Å². The molecular formula is C18H29NO. The highest BCUT2D eigenvalue weighted by Gasteiger charge is 2.36. The van der Waals surface area contributed by atoms with E-state index in [2.05, 4.69) is 44.7 Å². The van der Waals surface area contributed by atoms with E-state index < -0.39 is 0 Å². The number of para-hydroxylation sites is 1. The third kappa shape index (κ3) is 3.62. The van der Waals surface area contributed by atoms with Crippen molar-refractivity contribution >= 4 is 11.5 Å². The molecule has 1 unspecified atom stereocenters. The van der Waals surface area contributed by atoms with Gasteiger partial charge in [0.05, 0.1) is 6.04 Å². The molecule has 0 N–H and O–H groups in total. The summed E-state index contributed by atoms with van der Waals surface area (Å²) in [6, 6.07) is 8.14. The van der Waals surface area contributed by atoms with E-state index in [0.29, 0.717) is 0 Å². The van der Waals surface area contributed by atoms with Crippen LogP contribution in [0.3, 0.4) is 0 Å². The van der Waals surface area contributed by atoms with Crippen LogP contribution in [-0.2, 0) is 4.79 Å². The van der Waals surface area contributed by atoms with Crippen LogP contribution in [0.2, 0.25) is 0 Å². The maximum atomic E-state index is 12.7. The molecule has 0 radical (unpaired) electrons. The predicted molar refractivity (Wildman–Crippen MR) is 87.3 cm³/mol. The van der Waals surface area contributed by atoms with Gasteiger partial charge in [-0.1, -0.05) is 39.0 Å². The lowest BCUT2D eigenvalue weighted by atomic mass is 9.84. The van der Waals surface area contributed by atoms with E-state index in [1.54, 1.807) is 0 Å². The van der Waals surface area contributed by atoms with Crippen LogP contribution in [0.4, 0.5) is 5.69 Å². The lowest BCUT2D eigenvalue weighted by molar-refractivity contribution is -0.127. The zero-order valence-corrected chi connectivity index (χ0v) is 14.2. The Morgan fingerprint density at radius 3 is 1.95 bits per heavy atom. The van der Waals surface area contributed by atoms with E-state index in [1.165, 1.54) is 5.56 Å². The van der Waals surface area contributed by atoms with Gasteiger partial charge in [-0.25, -0.2) is 0 Å². The Kier molecular flexibility index (Phi) is 4.68. The number of hydrogen-bond acceptors (Lipinski definition) is 2. The number of anilines is 1. The zero-order chi connectivity index (χ0) is 15.7. The van der Waals surface area contributed by atoms with Crippen molar-refractivity contribution in [3.63, 3.8) is 0 Å². The number of benzene rings is 1. The Labute approximate surface area is 124 Å². The molecule has 0 fully saturated rings. The summed E-state index contributed by atoms with van der Waals surface area (Å²) in [5.74, 6) is 0.274. The van der Waals surface area contributed by atoms with Crippen LogP contribution < -0.4 is 4.90 Å². The van der Waals surface area contributed by atoms with Gasteiger partial charge in [0.15, 0.2) is 5.78 Å². The van der Waals surface area contributed by atoms with Crippen molar-refractivity contribution in [3.8, 4) is 0 Å². The molecule has 0 saturated carbocycles. The predicted octanol–water partition coefficient (Wildman–Crippen LogP) is 4.60. The monoisotopic (exact) mass is 275 g/mol. The van der Waals surface area contributed by atoms with E-state index in [1.807, 2.05) is 39.8 Å². The first kappa shape index (κ1) is 16.7. The number of rotatable bonds is 3. The molecule has 0 amide bonds. The van der Waals surface area contributed by atoms with Crippen LogP contribution in [0.25, 0.3) is 0 Å². The largest absolute Gasteiger partial charge is 0.357 e. The van der Waals surface area contributed by atoms with Crippen LogP contribution in [0.5, 0.6) is 0 Å². The maximum Gasteiger partial charge on any atom is 0.160 e. The number of aryl methyl sites for hydroxylation is 1. The molecule has 2 nitrogen and oxygen atoms in total. The lowest BCUT2D eigenvalue weighted by Gasteiger charge is -2.44. The van der Waals surface area contributed by atoms with Gasteiger partial charge in [-0.2, -0.15) is 0 Å². The third-order valence-electron chi connectivity index (χ3n) is 3.60. The van der Waals surface area contributed by atoms with Crippen LogP contribution in [-0.4, -0.2) is 17.4 Å². The van der Waals surface area contributed by atoms with Crippen LogP contribution >= 0.6 is 0 Å². The van der Waals surface area contributed by atoms with Gasteiger partial charge >= 0.3 is 0 Å². The Hall–Kier alpha value is -1.31. The Morgan fingerprint density at radius 2 is 1.55 bits per heavy atom. The van der Waals surface area contributed by atoms with E-state index in [0.717, 1.165) is 5.69 Å². The molecule has 0 saturated heterocycles. The molecule has 0 aromatic heterocycles. The minimum atomic E-state index is -0.328. The summed E-state index contributed by atoms with van der Waals surface area (Å²) in [5.41, 5.74) is 1.92. The molecule has 2 heteroatoms. The summed E-state index contributed by atoms with van der Waals surface area (Å²) in [6.07, 6.45) is 0. The highest BCUT2D eigenvalue weighted by atomic mass is 16.1. The minimum Gasteiger partial charge on any atom is -0.357 e. The molecule has 20 heavy (non-hydrogen) atoms. The van der Waals surface area contributed by atoms with Gasteiger partial charge in [-0.05, 0) is 46.2 Å². The first-order valence-corrected chi connectivity index (χ1v) is 7.35. The number of ketones is 1. The summed E-state index contributed by atoms with van der Waals surface area (Å²) in [5, 5.41) is 0. The topological polar surface area (TPSA) is 20.3 Å². The third-order valence-corrected chi connectivity index (χ3v) is 3.60. The molecular weight excluding hydrogens is 246 g/mol. The van der Waals surface area contributed by atoms with Crippen molar-refractivity contribution in [1.29, 1.82) is 0 Å². The average Bonchev–Trinajstić information content (AvgIpc) is 2.28. The van der Waals surface area contributed by atoms with Gasteiger partial charge in [0, 0.05) is 16.6 Å². The lowest BCUT2D eigenvalue weighted by Crippen LogP contribution is -2.53. The van der Waals surface area contributed by atoms with Crippen molar-refractivity contribution in [1.82, 2.24) is 0 Å². The number of nitrogens with zero attached hydrogens (tertiary/aromatic N) is 1. The van der Waals surface area contributed by atoms with Gasteiger partial charge < -0.3 is 4.90 Å². The summed E-state index contributed by atoms with van der Waals surface area (Å²) in [6.45, 7) is 16.6. The molecule has 0 heterocycles. The fourth-order valence-corrected chi connectivity index (χ4v) is 2.73. The van der Waals surface area contributed by atoms with Crippen LogP contribution in [0.15, 0.2) is 24.3 Å². The summed E-state index contributed by atoms with van der Waals surface area (Å²) in [7, 11) is 0. The van der Waals surface area contributed by atoms with Gasteiger partial charge in [-0.15, -0.1) is 0 Å². The summed E-state index contributed by atoms with van der Waals surface area (Å²) in [4.78, 5) is 14.9. The second kappa shape index (κ2) is 5.59. The van der Waals surface area contributed by atoms with E-state index in [4.69, 9.17) is 0 Å². The molecule has 0 aliphatic heterocycles. The molecule has 0 aliphatic carbocycles. The molecule has 0 aliphatic rings. The molecule has 1 aromatic carbocycles. The summed E-state index contributed by atoms with van der Waals surface area (Å²) < 4.78 is 0. The SMILES string of the molecule is Cc1ccccc1N(C(C)C(=O)C(C)(C)C)C(C)(C)C. The maximum absolute atomic E-state index is 12.7. The minimum absolute atomic E-state index is 0.105. The fourth-order valence-electron chi connectivity index (χ4n) is 2.73. The molecule has 0 bridgehead atoms. The Morgan fingerprint density at radius 1 is 1.05 bits per heavy atom. The van der Waals surface area contributed by atoms with Crippen LogP contribution in [0.1, 0.15) is 54.0 Å². The Balaban J connectivity index is 3.29. The molecule has 1 atom stereocenters. The van der Waals surface area contributed by atoms with E-state index in [9.17, 15) is 4.79 Å². The van der Waals surface area contributed by atoms with Crippen molar-refractivity contribution in [2.45, 2.75) is 67.0 Å². The fraction of sp³-hybridized carbons (Fsp3) is 0.611. The van der Waals surface area contributed by atoms with Gasteiger partial charge in [-0.3, -0.25) is 4.79 Å². The molecule has 0 spiro atoms. The molecule has 1 aromatic rings. The second-order valence-corrected chi connectivity index (χ2v) is 7.62. The Bertz CT molecular complexity index is 477. The van der Waals surface area contributed by atoms with Crippen molar-refractivity contribution in [3.05, 3.63) is 29.8 Å². The van der Waals surface area contributed by atoms with Crippen molar-refractivity contribution in [2.75, 3.05) is 4.90 Å². The van der Waals surface area contributed by atoms with E-state index >= 15 is 0 Å².